The van der Waals surface area contributed by atoms with Crippen molar-refractivity contribution in [3.8, 4) is 11.4 Å². The molecule has 1 fully saturated rings. The van der Waals surface area contributed by atoms with Crippen LogP contribution in [0.25, 0.3) is 11.4 Å². The minimum absolute atomic E-state index is 0.215. The van der Waals surface area contributed by atoms with Crippen molar-refractivity contribution in [1.82, 2.24) is 9.97 Å². The van der Waals surface area contributed by atoms with E-state index in [-0.39, 0.29) is 5.91 Å². The van der Waals surface area contributed by atoms with E-state index in [2.05, 4.69) is 20.6 Å². The summed E-state index contributed by atoms with van der Waals surface area (Å²) < 4.78 is 0. The average molecular weight is 372 g/mol. The third kappa shape index (κ3) is 4.55. The van der Waals surface area contributed by atoms with Crippen LogP contribution in [0.15, 0.2) is 67.0 Å². The quantitative estimate of drug-likeness (QED) is 0.651. The van der Waals surface area contributed by atoms with Gasteiger partial charge in [-0.3, -0.25) is 4.79 Å². The minimum Gasteiger partial charge on any atom is -0.382 e. The maximum Gasteiger partial charge on any atom is 0.258 e. The fourth-order valence-corrected chi connectivity index (χ4v) is 3.52. The van der Waals surface area contributed by atoms with Crippen molar-refractivity contribution in [3.63, 3.8) is 0 Å². The number of hydrogen-bond acceptors (Lipinski definition) is 4. The topological polar surface area (TPSA) is 66.9 Å². The van der Waals surface area contributed by atoms with E-state index >= 15 is 0 Å². The van der Waals surface area contributed by atoms with Gasteiger partial charge in [-0.15, -0.1) is 0 Å². The molecule has 142 valence electrons. The number of nitrogens with zero attached hydrogens (tertiary/aromatic N) is 2. The summed E-state index contributed by atoms with van der Waals surface area (Å²) >= 11 is 0. The highest BCUT2D eigenvalue weighted by Gasteiger charge is 2.13. The van der Waals surface area contributed by atoms with Gasteiger partial charge in [-0.05, 0) is 37.1 Å². The zero-order valence-electron chi connectivity index (χ0n) is 15.8. The van der Waals surface area contributed by atoms with Crippen LogP contribution >= 0.6 is 0 Å². The number of carbonyl (C=O) groups excluding carboxylic acids is 1. The van der Waals surface area contributed by atoms with Crippen molar-refractivity contribution in [3.05, 3.63) is 72.6 Å². The molecule has 0 aliphatic heterocycles. The Morgan fingerprint density at radius 1 is 0.821 bits per heavy atom. The first-order valence-corrected chi connectivity index (χ1v) is 9.83. The van der Waals surface area contributed by atoms with E-state index in [0.717, 1.165) is 16.9 Å². The summed E-state index contributed by atoms with van der Waals surface area (Å²) in [6, 6.07) is 18.1. The number of anilines is 2. The fraction of sp³-hybridized carbons (Fsp3) is 0.261. The molecule has 1 heterocycles. The predicted octanol–water partition coefficient (Wildman–Crippen LogP) is 5.14. The maximum atomic E-state index is 12.5. The highest BCUT2D eigenvalue weighted by molar-refractivity contribution is 6.04. The van der Waals surface area contributed by atoms with Crippen LogP contribution in [0, 0.1) is 0 Å². The zero-order chi connectivity index (χ0) is 19.2. The van der Waals surface area contributed by atoms with Gasteiger partial charge in [0.1, 0.15) is 0 Å². The van der Waals surface area contributed by atoms with Gasteiger partial charge in [-0.1, -0.05) is 49.6 Å². The molecule has 28 heavy (non-hydrogen) atoms. The summed E-state index contributed by atoms with van der Waals surface area (Å²) in [4.78, 5) is 21.1. The standard InChI is InChI=1S/C23H24N4O/c28-23(18-15-24-22(25-16-18)17-7-3-1-4-8-17)27-21-13-11-20(12-14-21)26-19-9-5-2-6-10-19/h1,3-4,7-8,11-16,19,26H,2,5-6,9-10H2,(H,27,28). The number of carbonyl (C=O) groups is 1. The van der Waals surface area contributed by atoms with Crippen LogP contribution in [0.2, 0.25) is 0 Å². The second-order valence-corrected chi connectivity index (χ2v) is 7.17. The Labute approximate surface area is 165 Å². The molecule has 1 saturated carbocycles. The molecule has 1 aliphatic carbocycles. The van der Waals surface area contributed by atoms with Gasteiger partial charge in [0, 0.05) is 35.4 Å². The van der Waals surface area contributed by atoms with Crippen LogP contribution in [0.4, 0.5) is 11.4 Å². The number of rotatable bonds is 5. The average Bonchev–Trinajstić information content (AvgIpc) is 2.76. The number of benzene rings is 2. The molecule has 1 aromatic heterocycles. The molecule has 0 spiro atoms. The van der Waals surface area contributed by atoms with Crippen LogP contribution in [0.1, 0.15) is 42.5 Å². The molecule has 5 heteroatoms. The van der Waals surface area contributed by atoms with Crippen molar-refractivity contribution < 1.29 is 4.79 Å². The van der Waals surface area contributed by atoms with Crippen LogP contribution in [-0.4, -0.2) is 21.9 Å². The smallest absolute Gasteiger partial charge is 0.258 e. The molecule has 0 radical (unpaired) electrons. The number of aromatic nitrogens is 2. The Balaban J connectivity index is 1.36. The van der Waals surface area contributed by atoms with E-state index in [1.807, 2.05) is 54.6 Å². The monoisotopic (exact) mass is 372 g/mol. The van der Waals surface area contributed by atoms with Gasteiger partial charge < -0.3 is 10.6 Å². The summed E-state index contributed by atoms with van der Waals surface area (Å²) in [5.41, 5.74) is 3.21. The fourth-order valence-electron chi connectivity index (χ4n) is 3.52. The van der Waals surface area contributed by atoms with Crippen molar-refractivity contribution >= 4 is 17.3 Å². The normalized spacial score (nSPS) is 14.4. The molecule has 0 bridgehead atoms. The van der Waals surface area contributed by atoms with Crippen molar-refractivity contribution in [2.75, 3.05) is 10.6 Å². The molecule has 1 aliphatic rings. The molecule has 2 aromatic carbocycles. The number of amides is 1. The van der Waals surface area contributed by atoms with Gasteiger partial charge in [-0.2, -0.15) is 0 Å². The predicted molar refractivity (Wildman–Crippen MR) is 112 cm³/mol. The van der Waals surface area contributed by atoms with Crippen molar-refractivity contribution in [1.29, 1.82) is 0 Å². The Hall–Kier alpha value is -3.21. The highest BCUT2D eigenvalue weighted by atomic mass is 16.1. The molecule has 0 atom stereocenters. The second-order valence-electron chi connectivity index (χ2n) is 7.17. The van der Waals surface area contributed by atoms with E-state index in [0.29, 0.717) is 17.4 Å². The lowest BCUT2D eigenvalue weighted by atomic mass is 9.95. The minimum atomic E-state index is -0.215. The van der Waals surface area contributed by atoms with Crippen LogP contribution in [0.3, 0.4) is 0 Å². The lowest BCUT2D eigenvalue weighted by Gasteiger charge is -2.23. The van der Waals surface area contributed by atoms with E-state index in [4.69, 9.17) is 0 Å². The molecule has 1 amide bonds. The zero-order valence-corrected chi connectivity index (χ0v) is 15.8. The number of hydrogen-bond donors (Lipinski definition) is 2. The van der Waals surface area contributed by atoms with Gasteiger partial charge >= 0.3 is 0 Å². The Morgan fingerprint density at radius 3 is 2.14 bits per heavy atom. The van der Waals surface area contributed by atoms with Crippen molar-refractivity contribution in [2.24, 2.45) is 0 Å². The van der Waals surface area contributed by atoms with Gasteiger partial charge in [0.2, 0.25) is 0 Å². The Morgan fingerprint density at radius 2 is 1.46 bits per heavy atom. The van der Waals surface area contributed by atoms with Gasteiger partial charge in [0.25, 0.3) is 5.91 Å². The summed E-state index contributed by atoms with van der Waals surface area (Å²) in [5, 5.41) is 6.48. The van der Waals surface area contributed by atoms with E-state index in [9.17, 15) is 4.79 Å². The summed E-state index contributed by atoms with van der Waals surface area (Å²) in [7, 11) is 0. The van der Waals surface area contributed by atoms with Crippen LogP contribution in [-0.2, 0) is 0 Å². The number of nitrogens with one attached hydrogen (secondary N) is 2. The first-order chi connectivity index (χ1) is 13.8. The lowest BCUT2D eigenvalue weighted by Crippen LogP contribution is -2.22. The Kier molecular flexibility index (Phi) is 5.61. The largest absolute Gasteiger partial charge is 0.382 e. The van der Waals surface area contributed by atoms with Gasteiger partial charge in [-0.25, -0.2) is 9.97 Å². The SMILES string of the molecule is O=C(Nc1ccc(NC2CCCCC2)cc1)c1cnc(-c2ccccc2)nc1. The third-order valence-electron chi connectivity index (χ3n) is 5.06. The second kappa shape index (κ2) is 8.65. The molecule has 2 N–H and O–H groups in total. The molecule has 0 saturated heterocycles. The van der Waals surface area contributed by atoms with Gasteiger partial charge in [0.05, 0.1) is 5.56 Å². The Bertz CT molecular complexity index is 902. The lowest BCUT2D eigenvalue weighted by molar-refractivity contribution is 0.102. The highest BCUT2D eigenvalue weighted by Crippen LogP contribution is 2.23. The first-order valence-electron chi connectivity index (χ1n) is 9.83. The van der Waals surface area contributed by atoms with Gasteiger partial charge in [0.15, 0.2) is 5.82 Å². The molecule has 3 aromatic rings. The van der Waals surface area contributed by atoms with E-state index in [1.54, 1.807) is 12.4 Å². The molecular formula is C23H24N4O. The van der Waals surface area contributed by atoms with E-state index in [1.165, 1.54) is 32.1 Å². The summed E-state index contributed by atoms with van der Waals surface area (Å²) in [5.74, 6) is 0.392. The molecule has 5 nitrogen and oxygen atoms in total. The van der Waals surface area contributed by atoms with Crippen LogP contribution in [0.5, 0.6) is 0 Å². The third-order valence-corrected chi connectivity index (χ3v) is 5.06. The van der Waals surface area contributed by atoms with Crippen LogP contribution < -0.4 is 10.6 Å². The summed E-state index contributed by atoms with van der Waals surface area (Å²) in [6.45, 7) is 0. The maximum absolute atomic E-state index is 12.5. The molecule has 0 unspecified atom stereocenters. The first kappa shape index (κ1) is 18.2. The summed E-state index contributed by atoms with van der Waals surface area (Å²) in [6.07, 6.45) is 9.54. The molecule has 4 rings (SSSR count). The molecular weight excluding hydrogens is 348 g/mol. The van der Waals surface area contributed by atoms with E-state index < -0.39 is 0 Å². The van der Waals surface area contributed by atoms with Crippen molar-refractivity contribution in [2.45, 2.75) is 38.1 Å².